The maximum atomic E-state index is 12.1. The van der Waals surface area contributed by atoms with Gasteiger partial charge in [-0.15, -0.1) is 0 Å². The molecule has 0 radical (unpaired) electrons. The average molecular weight is 115 g/mol. The van der Waals surface area contributed by atoms with Crippen LogP contribution >= 0.6 is 0 Å². The standard InChI is InChI=1S/C5H6FNO/c6-5-2-1-3-7(8)4-5/h1-3,5H,4H2. The first-order valence-electron chi connectivity index (χ1n) is 2.38. The number of allylic oxidation sites excluding steroid dienone is 1. The van der Waals surface area contributed by atoms with E-state index in [1.807, 2.05) is 0 Å². The van der Waals surface area contributed by atoms with Crippen LogP contribution in [0.3, 0.4) is 0 Å². The van der Waals surface area contributed by atoms with Crippen LogP contribution in [-0.4, -0.2) is 23.7 Å². The summed E-state index contributed by atoms with van der Waals surface area (Å²) in [5, 5.41) is 10.2. The Bertz CT molecular complexity index is 141. The smallest absolute Gasteiger partial charge is 0.188 e. The zero-order valence-electron chi connectivity index (χ0n) is 4.25. The number of hydrogen-bond acceptors (Lipinski definition) is 1. The molecular formula is C5H6FNO. The number of hydroxylamine groups is 1. The first-order valence-corrected chi connectivity index (χ1v) is 2.38. The lowest BCUT2D eigenvalue weighted by molar-refractivity contribution is -0.459. The molecule has 0 amide bonds. The van der Waals surface area contributed by atoms with Crippen molar-refractivity contribution in [1.29, 1.82) is 0 Å². The number of rotatable bonds is 0. The third-order valence-electron chi connectivity index (χ3n) is 0.927. The van der Waals surface area contributed by atoms with Crippen molar-refractivity contribution in [2.45, 2.75) is 6.17 Å². The molecule has 0 saturated heterocycles. The summed E-state index contributed by atoms with van der Waals surface area (Å²) in [6.07, 6.45) is 2.99. The van der Waals surface area contributed by atoms with E-state index in [0.717, 1.165) is 0 Å². The van der Waals surface area contributed by atoms with Gasteiger partial charge in [0, 0.05) is 6.08 Å². The molecule has 1 aliphatic rings. The molecule has 0 aromatic rings. The van der Waals surface area contributed by atoms with Gasteiger partial charge in [-0.1, -0.05) is 0 Å². The SMILES string of the molecule is [O-][N+]1=CC=CC(F)C1. The first kappa shape index (κ1) is 5.28. The molecule has 0 aromatic heterocycles. The molecule has 3 heteroatoms. The highest BCUT2D eigenvalue weighted by Gasteiger charge is 2.08. The van der Waals surface area contributed by atoms with Gasteiger partial charge in [-0.05, 0) is 6.08 Å². The van der Waals surface area contributed by atoms with Crippen molar-refractivity contribution in [1.82, 2.24) is 0 Å². The highest BCUT2D eigenvalue weighted by atomic mass is 19.1. The van der Waals surface area contributed by atoms with E-state index in [1.54, 1.807) is 0 Å². The average Bonchev–Trinajstić information content (AvgIpc) is 1.64. The molecule has 1 unspecified atom stereocenters. The van der Waals surface area contributed by atoms with Crippen molar-refractivity contribution in [2.24, 2.45) is 0 Å². The molecule has 0 saturated carbocycles. The molecule has 0 aromatic carbocycles. The van der Waals surface area contributed by atoms with Crippen LogP contribution in [-0.2, 0) is 0 Å². The predicted octanol–water partition coefficient (Wildman–Crippen LogP) is 0.475. The van der Waals surface area contributed by atoms with E-state index in [-0.39, 0.29) is 6.54 Å². The number of halogens is 1. The van der Waals surface area contributed by atoms with Crippen LogP contribution in [0.2, 0.25) is 0 Å². The number of nitrogens with zero attached hydrogens (tertiary/aromatic N) is 1. The molecule has 1 heterocycles. The van der Waals surface area contributed by atoms with E-state index in [2.05, 4.69) is 0 Å². The van der Waals surface area contributed by atoms with Crippen molar-refractivity contribution in [3.8, 4) is 0 Å². The molecule has 8 heavy (non-hydrogen) atoms. The van der Waals surface area contributed by atoms with Crippen molar-refractivity contribution < 1.29 is 9.13 Å². The highest BCUT2D eigenvalue weighted by Crippen LogP contribution is 1.96. The first-order chi connectivity index (χ1) is 3.79. The normalized spacial score (nSPS) is 27.6. The van der Waals surface area contributed by atoms with E-state index in [0.29, 0.717) is 4.74 Å². The quantitative estimate of drug-likeness (QED) is 0.333. The summed E-state index contributed by atoms with van der Waals surface area (Å²) in [6, 6.07) is 0. The second-order valence-corrected chi connectivity index (χ2v) is 1.65. The van der Waals surface area contributed by atoms with Gasteiger partial charge in [-0.2, -0.15) is 0 Å². The van der Waals surface area contributed by atoms with Crippen LogP contribution in [0.1, 0.15) is 0 Å². The summed E-state index contributed by atoms with van der Waals surface area (Å²) in [5.41, 5.74) is 0. The van der Waals surface area contributed by atoms with Gasteiger partial charge in [0.25, 0.3) is 0 Å². The Hall–Kier alpha value is -0.860. The fourth-order valence-corrected chi connectivity index (χ4v) is 0.560. The van der Waals surface area contributed by atoms with Crippen molar-refractivity contribution in [2.75, 3.05) is 6.54 Å². The van der Waals surface area contributed by atoms with Gasteiger partial charge in [0.2, 0.25) is 0 Å². The fourth-order valence-electron chi connectivity index (χ4n) is 0.560. The van der Waals surface area contributed by atoms with Crippen LogP contribution in [0.5, 0.6) is 0 Å². The zero-order valence-corrected chi connectivity index (χ0v) is 4.25. The van der Waals surface area contributed by atoms with Gasteiger partial charge in [-0.25, -0.2) is 9.13 Å². The van der Waals surface area contributed by atoms with Crippen LogP contribution in [0.25, 0.3) is 0 Å². The van der Waals surface area contributed by atoms with Gasteiger partial charge < -0.3 is 5.21 Å². The van der Waals surface area contributed by atoms with Crippen LogP contribution in [0, 0.1) is 5.21 Å². The molecule has 0 bridgehead atoms. The Labute approximate surface area is 46.5 Å². The highest BCUT2D eigenvalue weighted by molar-refractivity contribution is 5.67. The molecule has 0 fully saturated rings. The summed E-state index contributed by atoms with van der Waals surface area (Å²) in [5.74, 6) is 0. The molecule has 2 nitrogen and oxygen atoms in total. The van der Waals surface area contributed by atoms with E-state index in [9.17, 15) is 9.60 Å². The van der Waals surface area contributed by atoms with Crippen LogP contribution in [0.15, 0.2) is 12.2 Å². The zero-order chi connectivity index (χ0) is 5.98. The van der Waals surface area contributed by atoms with E-state index in [4.69, 9.17) is 0 Å². The summed E-state index contributed by atoms with van der Waals surface area (Å²) in [7, 11) is 0. The Balaban J connectivity index is 2.59. The molecule has 44 valence electrons. The maximum absolute atomic E-state index is 12.1. The van der Waals surface area contributed by atoms with E-state index >= 15 is 0 Å². The van der Waals surface area contributed by atoms with Crippen molar-refractivity contribution in [3.63, 3.8) is 0 Å². The number of hydrogen-bond donors (Lipinski definition) is 0. The second-order valence-electron chi connectivity index (χ2n) is 1.65. The summed E-state index contributed by atoms with van der Waals surface area (Å²) in [6.45, 7) is -0.0590. The third-order valence-corrected chi connectivity index (χ3v) is 0.927. The minimum atomic E-state index is -1.09. The minimum absolute atomic E-state index is 0.0590. The third kappa shape index (κ3) is 1.05. The van der Waals surface area contributed by atoms with Gasteiger partial charge in [-0.3, -0.25) is 0 Å². The molecule has 0 N–H and O–H groups in total. The van der Waals surface area contributed by atoms with Crippen molar-refractivity contribution >= 4 is 6.21 Å². The van der Waals surface area contributed by atoms with Crippen LogP contribution < -0.4 is 0 Å². The van der Waals surface area contributed by atoms with E-state index in [1.165, 1.54) is 18.4 Å². The number of alkyl halides is 1. The largest absolute Gasteiger partial charge is 0.624 e. The summed E-state index contributed by atoms with van der Waals surface area (Å²) >= 11 is 0. The monoisotopic (exact) mass is 115 g/mol. The lowest BCUT2D eigenvalue weighted by atomic mass is 10.3. The summed E-state index contributed by atoms with van der Waals surface area (Å²) in [4.78, 5) is 0. The Morgan fingerprint density at radius 3 is 2.88 bits per heavy atom. The molecule has 0 aliphatic carbocycles. The fraction of sp³-hybridized carbons (Fsp3) is 0.400. The lowest BCUT2D eigenvalue weighted by Gasteiger charge is -2.06. The van der Waals surface area contributed by atoms with Gasteiger partial charge in [0.15, 0.2) is 18.9 Å². The van der Waals surface area contributed by atoms with E-state index < -0.39 is 6.17 Å². The Morgan fingerprint density at radius 1 is 1.75 bits per heavy atom. The molecule has 1 aliphatic heterocycles. The molecule has 1 rings (SSSR count). The van der Waals surface area contributed by atoms with Gasteiger partial charge in [0.05, 0.1) is 0 Å². The minimum Gasteiger partial charge on any atom is -0.624 e. The Morgan fingerprint density at radius 2 is 2.50 bits per heavy atom. The second kappa shape index (κ2) is 1.94. The van der Waals surface area contributed by atoms with Gasteiger partial charge >= 0.3 is 0 Å². The van der Waals surface area contributed by atoms with Crippen molar-refractivity contribution in [3.05, 3.63) is 17.4 Å². The Kier molecular flexibility index (Phi) is 1.28. The van der Waals surface area contributed by atoms with Gasteiger partial charge in [0.1, 0.15) is 0 Å². The maximum Gasteiger partial charge on any atom is 0.188 e. The molecule has 0 spiro atoms. The lowest BCUT2D eigenvalue weighted by Crippen LogP contribution is -2.18. The predicted molar refractivity (Wildman–Crippen MR) is 28.6 cm³/mol. The molecule has 1 atom stereocenters. The summed E-state index contributed by atoms with van der Waals surface area (Å²) < 4.78 is 12.7. The topological polar surface area (TPSA) is 26.1 Å². The molecular weight excluding hydrogens is 109 g/mol. The van der Waals surface area contributed by atoms with Crippen LogP contribution in [0.4, 0.5) is 4.39 Å².